The maximum atomic E-state index is 11.8. The first-order valence-corrected chi connectivity index (χ1v) is 3.94. The van der Waals surface area contributed by atoms with Crippen molar-refractivity contribution in [3.63, 3.8) is 0 Å². The number of nitrogens with zero attached hydrogens (tertiary/aromatic N) is 1. The fourth-order valence-corrected chi connectivity index (χ4v) is 0.889. The van der Waals surface area contributed by atoms with Crippen LogP contribution in [0.1, 0.15) is 10.4 Å². The molecule has 1 aromatic rings. The number of rotatable bonds is 2. The zero-order valence-electron chi connectivity index (χ0n) is 7.51. The van der Waals surface area contributed by atoms with E-state index in [9.17, 15) is 18.0 Å². The van der Waals surface area contributed by atoms with Gasteiger partial charge in [-0.15, -0.1) is 0 Å². The third kappa shape index (κ3) is 3.45. The van der Waals surface area contributed by atoms with Crippen molar-refractivity contribution in [2.75, 3.05) is 12.3 Å². The highest BCUT2D eigenvalue weighted by Gasteiger charge is 2.28. The molecule has 15 heavy (non-hydrogen) atoms. The van der Waals surface area contributed by atoms with Gasteiger partial charge in [0, 0.05) is 6.20 Å². The summed E-state index contributed by atoms with van der Waals surface area (Å²) in [7, 11) is 0. The van der Waals surface area contributed by atoms with E-state index < -0.39 is 18.6 Å². The molecule has 0 saturated heterocycles. The summed E-state index contributed by atoms with van der Waals surface area (Å²) >= 11 is 0. The molecular formula is C8H8F3N3O. The number of aromatic nitrogens is 1. The average molecular weight is 219 g/mol. The fourth-order valence-electron chi connectivity index (χ4n) is 0.889. The highest BCUT2D eigenvalue weighted by molar-refractivity contribution is 5.98. The lowest BCUT2D eigenvalue weighted by Crippen LogP contribution is -2.34. The smallest absolute Gasteiger partial charge is 0.397 e. The molecule has 0 saturated carbocycles. The van der Waals surface area contributed by atoms with Gasteiger partial charge in [-0.25, -0.2) is 0 Å². The predicted octanol–water partition coefficient (Wildman–Crippen LogP) is 0.956. The maximum absolute atomic E-state index is 11.8. The molecule has 7 heteroatoms. The average Bonchev–Trinajstić information content (AvgIpc) is 2.14. The standard InChI is InChI=1S/C8H8F3N3O/c9-8(10,11)4-14-7(15)5-1-2-13-3-6(5)12/h1-3H,4,12H2,(H,14,15). The molecule has 3 N–H and O–H groups in total. The zero-order valence-corrected chi connectivity index (χ0v) is 7.51. The van der Waals surface area contributed by atoms with Crippen molar-refractivity contribution in [1.82, 2.24) is 10.3 Å². The van der Waals surface area contributed by atoms with Gasteiger partial charge in [-0.05, 0) is 6.07 Å². The second kappa shape index (κ2) is 4.16. The lowest BCUT2D eigenvalue weighted by atomic mass is 10.2. The summed E-state index contributed by atoms with van der Waals surface area (Å²) in [5.74, 6) is -0.868. The normalized spacial score (nSPS) is 11.1. The van der Waals surface area contributed by atoms with Gasteiger partial charge >= 0.3 is 6.18 Å². The van der Waals surface area contributed by atoms with E-state index in [1.54, 1.807) is 5.32 Å². The van der Waals surface area contributed by atoms with Crippen LogP contribution in [-0.2, 0) is 0 Å². The number of hydrogen-bond donors (Lipinski definition) is 2. The van der Waals surface area contributed by atoms with E-state index in [1.165, 1.54) is 18.5 Å². The summed E-state index contributed by atoms with van der Waals surface area (Å²) in [6.07, 6.45) is -1.96. The number of carbonyl (C=O) groups is 1. The molecule has 4 nitrogen and oxygen atoms in total. The van der Waals surface area contributed by atoms with Crippen molar-refractivity contribution >= 4 is 11.6 Å². The summed E-state index contributed by atoms with van der Waals surface area (Å²) < 4.78 is 35.3. The highest BCUT2D eigenvalue weighted by atomic mass is 19.4. The third-order valence-corrected chi connectivity index (χ3v) is 1.55. The van der Waals surface area contributed by atoms with Crippen LogP contribution in [0.3, 0.4) is 0 Å². The summed E-state index contributed by atoms with van der Waals surface area (Å²) in [6, 6.07) is 1.25. The molecule has 1 rings (SSSR count). The van der Waals surface area contributed by atoms with Gasteiger partial charge in [0.15, 0.2) is 0 Å². The Bertz CT molecular complexity index is 364. The molecule has 0 radical (unpaired) electrons. The Hall–Kier alpha value is -1.79. The summed E-state index contributed by atoms with van der Waals surface area (Å²) in [4.78, 5) is 14.8. The molecular weight excluding hydrogens is 211 g/mol. The number of carbonyl (C=O) groups excluding carboxylic acids is 1. The molecule has 0 spiro atoms. The number of hydrogen-bond acceptors (Lipinski definition) is 3. The van der Waals surface area contributed by atoms with Crippen molar-refractivity contribution in [3.05, 3.63) is 24.0 Å². The zero-order chi connectivity index (χ0) is 11.5. The first-order chi connectivity index (χ1) is 6.90. The maximum Gasteiger partial charge on any atom is 0.405 e. The molecule has 0 bridgehead atoms. The van der Waals surface area contributed by atoms with Crippen LogP contribution < -0.4 is 11.1 Å². The van der Waals surface area contributed by atoms with Crippen LogP contribution >= 0.6 is 0 Å². The van der Waals surface area contributed by atoms with Crippen molar-refractivity contribution in [1.29, 1.82) is 0 Å². The third-order valence-electron chi connectivity index (χ3n) is 1.55. The molecule has 0 atom stereocenters. The van der Waals surface area contributed by atoms with Gasteiger partial charge in [0.1, 0.15) is 6.54 Å². The van der Waals surface area contributed by atoms with Crippen molar-refractivity contribution in [2.45, 2.75) is 6.18 Å². The first-order valence-electron chi connectivity index (χ1n) is 3.94. The molecule has 0 aliphatic heterocycles. The van der Waals surface area contributed by atoms with Gasteiger partial charge in [0.2, 0.25) is 0 Å². The van der Waals surface area contributed by atoms with Crippen LogP contribution in [0.2, 0.25) is 0 Å². The molecule has 0 aliphatic carbocycles. The van der Waals surface area contributed by atoms with E-state index >= 15 is 0 Å². The van der Waals surface area contributed by atoms with Crippen molar-refractivity contribution < 1.29 is 18.0 Å². The van der Waals surface area contributed by atoms with Crippen molar-refractivity contribution in [2.24, 2.45) is 0 Å². The Morgan fingerprint density at radius 2 is 2.20 bits per heavy atom. The minimum Gasteiger partial charge on any atom is -0.397 e. The Kier molecular flexibility index (Phi) is 3.13. The Balaban J connectivity index is 2.66. The van der Waals surface area contributed by atoms with E-state index in [-0.39, 0.29) is 11.3 Å². The van der Waals surface area contributed by atoms with E-state index in [2.05, 4.69) is 4.98 Å². The topological polar surface area (TPSA) is 68.0 Å². The van der Waals surface area contributed by atoms with Gasteiger partial charge < -0.3 is 11.1 Å². The molecule has 0 unspecified atom stereocenters. The molecule has 0 fully saturated rings. The van der Waals surface area contributed by atoms with Gasteiger partial charge in [-0.2, -0.15) is 13.2 Å². The molecule has 82 valence electrons. The number of amides is 1. The van der Waals surface area contributed by atoms with Gasteiger partial charge in [0.25, 0.3) is 5.91 Å². The summed E-state index contributed by atoms with van der Waals surface area (Å²) in [5.41, 5.74) is 5.38. The quantitative estimate of drug-likeness (QED) is 0.778. The minimum absolute atomic E-state index is 0.0192. The van der Waals surface area contributed by atoms with Gasteiger partial charge in [-0.1, -0.05) is 0 Å². The molecule has 0 aromatic carbocycles. The van der Waals surface area contributed by atoms with E-state index in [0.29, 0.717) is 0 Å². The Labute approximate surface area is 83.3 Å². The number of anilines is 1. The fraction of sp³-hybridized carbons (Fsp3) is 0.250. The number of nitrogens with two attached hydrogens (primary N) is 1. The lowest BCUT2D eigenvalue weighted by molar-refractivity contribution is -0.123. The number of pyridine rings is 1. The first kappa shape index (κ1) is 11.3. The Morgan fingerprint density at radius 3 is 2.73 bits per heavy atom. The van der Waals surface area contributed by atoms with Crippen molar-refractivity contribution in [3.8, 4) is 0 Å². The van der Waals surface area contributed by atoms with Crippen LogP contribution in [-0.4, -0.2) is 23.6 Å². The number of halogens is 3. The van der Waals surface area contributed by atoms with Gasteiger partial charge in [0.05, 0.1) is 17.4 Å². The SMILES string of the molecule is Nc1cnccc1C(=O)NCC(F)(F)F. The van der Waals surface area contributed by atoms with Crippen LogP contribution in [0.5, 0.6) is 0 Å². The minimum atomic E-state index is -4.43. The molecule has 1 amide bonds. The van der Waals surface area contributed by atoms with Crippen LogP contribution in [0.15, 0.2) is 18.5 Å². The van der Waals surface area contributed by atoms with Gasteiger partial charge in [-0.3, -0.25) is 9.78 Å². The van der Waals surface area contributed by atoms with E-state index in [4.69, 9.17) is 5.73 Å². The lowest BCUT2D eigenvalue weighted by Gasteiger charge is -2.09. The highest BCUT2D eigenvalue weighted by Crippen LogP contribution is 2.13. The van der Waals surface area contributed by atoms with Crippen LogP contribution in [0, 0.1) is 0 Å². The summed E-state index contributed by atoms with van der Waals surface area (Å²) in [5, 5.41) is 1.71. The monoisotopic (exact) mass is 219 g/mol. The van der Waals surface area contributed by atoms with E-state index in [0.717, 1.165) is 0 Å². The largest absolute Gasteiger partial charge is 0.405 e. The predicted molar refractivity (Wildman–Crippen MR) is 47.0 cm³/mol. The van der Waals surface area contributed by atoms with Crippen LogP contribution in [0.25, 0.3) is 0 Å². The second-order valence-electron chi connectivity index (χ2n) is 2.76. The molecule has 1 heterocycles. The van der Waals surface area contributed by atoms with E-state index in [1.807, 2.05) is 0 Å². The number of nitrogens with one attached hydrogen (secondary N) is 1. The second-order valence-corrected chi connectivity index (χ2v) is 2.76. The Morgan fingerprint density at radius 1 is 1.53 bits per heavy atom. The molecule has 0 aliphatic rings. The number of nitrogen functional groups attached to an aromatic ring is 1. The van der Waals surface area contributed by atoms with Crippen LogP contribution in [0.4, 0.5) is 18.9 Å². The number of alkyl halides is 3. The summed E-state index contributed by atoms with van der Waals surface area (Å²) in [6.45, 7) is -1.38. The molecule has 1 aromatic heterocycles.